The minimum Gasteiger partial charge on any atom is -0.487 e. The Morgan fingerprint density at radius 1 is 1.11 bits per heavy atom. The summed E-state index contributed by atoms with van der Waals surface area (Å²) in [5.41, 5.74) is 2.74. The molecule has 2 aromatic carbocycles. The fourth-order valence-corrected chi connectivity index (χ4v) is 4.38. The largest absolute Gasteiger partial charge is 0.487 e. The van der Waals surface area contributed by atoms with E-state index in [1.165, 1.54) is 20.5 Å². The summed E-state index contributed by atoms with van der Waals surface area (Å²) < 4.78 is 7.29. The van der Waals surface area contributed by atoms with Crippen LogP contribution in [-0.4, -0.2) is 30.1 Å². The number of nitrogens with zero attached hydrogens (tertiary/aromatic N) is 2. The highest BCUT2D eigenvalue weighted by atomic mass is 32.1. The lowest BCUT2D eigenvalue weighted by molar-refractivity contribution is 0.101. The summed E-state index contributed by atoms with van der Waals surface area (Å²) >= 11 is 1.76. The van der Waals surface area contributed by atoms with Gasteiger partial charge in [-0.3, -0.25) is 9.69 Å². The van der Waals surface area contributed by atoms with E-state index in [4.69, 9.17) is 4.74 Å². The van der Waals surface area contributed by atoms with Gasteiger partial charge in [0.1, 0.15) is 12.4 Å². The van der Waals surface area contributed by atoms with Gasteiger partial charge in [0.25, 0.3) is 5.91 Å². The summed E-state index contributed by atoms with van der Waals surface area (Å²) in [6, 6.07) is 14.4. The van der Waals surface area contributed by atoms with Crippen LogP contribution in [-0.2, 0) is 13.2 Å². The summed E-state index contributed by atoms with van der Waals surface area (Å²) in [5, 5.41) is 1.25. The summed E-state index contributed by atoms with van der Waals surface area (Å²) in [6.07, 6.45) is 1.59. The van der Waals surface area contributed by atoms with E-state index < -0.39 is 0 Å². The van der Waals surface area contributed by atoms with Gasteiger partial charge in [0, 0.05) is 27.9 Å². The first-order valence-corrected chi connectivity index (χ1v) is 10.1. The number of ether oxygens (including phenoxy) is 1. The lowest BCUT2D eigenvalue weighted by Gasteiger charge is -2.17. The number of amides is 1. The molecule has 0 fully saturated rings. The average molecular weight is 378 g/mol. The SMILES string of the molecule is CCN(CC)Cc1ccc2cc(COc3cccc4c3C=NC4=O)sc2c1. The van der Waals surface area contributed by atoms with Gasteiger partial charge in [-0.15, -0.1) is 11.3 Å². The topological polar surface area (TPSA) is 41.9 Å². The quantitative estimate of drug-likeness (QED) is 0.587. The molecular formula is C22H22N2O2S. The molecule has 3 aromatic rings. The summed E-state index contributed by atoms with van der Waals surface area (Å²) in [7, 11) is 0. The molecular weight excluding hydrogens is 356 g/mol. The Morgan fingerprint density at radius 3 is 2.78 bits per heavy atom. The van der Waals surface area contributed by atoms with E-state index >= 15 is 0 Å². The highest BCUT2D eigenvalue weighted by molar-refractivity contribution is 7.19. The minimum absolute atomic E-state index is 0.196. The number of benzene rings is 2. The van der Waals surface area contributed by atoms with Crippen molar-refractivity contribution in [1.29, 1.82) is 0 Å². The van der Waals surface area contributed by atoms with Crippen LogP contribution in [0.1, 0.15) is 40.2 Å². The molecule has 0 saturated carbocycles. The van der Waals surface area contributed by atoms with Gasteiger partial charge in [-0.25, -0.2) is 4.99 Å². The van der Waals surface area contributed by atoms with Crippen LogP contribution >= 0.6 is 11.3 Å². The number of carbonyl (C=O) groups is 1. The van der Waals surface area contributed by atoms with Gasteiger partial charge in [0.05, 0.1) is 5.56 Å². The van der Waals surface area contributed by atoms with Gasteiger partial charge in [0.15, 0.2) is 0 Å². The van der Waals surface area contributed by atoms with Crippen molar-refractivity contribution in [3.63, 3.8) is 0 Å². The van der Waals surface area contributed by atoms with Crippen molar-refractivity contribution in [1.82, 2.24) is 4.90 Å². The second-order valence-electron chi connectivity index (χ2n) is 6.62. The molecule has 1 aromatic heterocycles. The molecule has 5 heteroatoms. The second-order valence-corrected chi connectivity index (χ2v) is 7.78. The van der Waals surface area contributed by atoms with Gasteiger partial charge < -0.3 is 4.74 Å². The van der Waals surface area contributed by atoms with E-state index in [0.717, 1.165) is 25.2 Å². The maximum atomic E-state index is 11.7. The molecule has 1 aliphatic rings. The van der Waals surface area contributed by atoms with E-state index in [0.29, 0.717) is 17.9 Å². The molecule has 1 aliphatic heterocycles. The molecule has 0 atom stereocenters. The summed E-state index contributed by atoms with van der Waals surface area (Å²) in [6.45, 7) is 7.98. The smallest absolute Gasteiger partial charge is 0.277 e. The molecule has 0 spiro atoms. The number of thiophene rings is 1. The van der Waals surface area contributed by atoms with E-state index in [9.17, 15) is 4.79 Å². The third-order valence-corrected chi connectivity index (χ3v) is 5.98. The summed E-state index contributed by atoms with van der Waals surface area (Å²) in [5.74, 6) is 0.514. The Labute approximate surface area is 163 Å². The first-order valence-electron chi connectivity index (χ1n) is 9.26. The molecule has 0 saturated heterocycles. The number of rotatable bonds is 7. The lowest BCUT2D eigenvalue weighted by atomic mass is 10.1. The highest BCUT2D eigenvalue weighted by Crippen LogP contribution is 2.30. The van der Waals surface area contributed by atoms with Crippen molar-refractivity contribution in [3.05, 3.63) is 64.0 Å². The maximum Gasteiger partial charge on any atom is 0.277 e. The Kier molecular flexibility index (Phi) is 5.05. The first kappa shape index (κ1) is 17.9. The van der Waals surface area contributed by atoms with Crippen LogP contribution in [0.25, 0.3) is 10.1 Å². The molecule has 4 nitrogen and oxygen atoms in total. The molecule has 0 N–H and O–H groups in total. The third kappa shape index (κ3) is 3.66. The zero-order valence-electron chi connectivity index (χ0n) is 15.6. The zero-order chi connectivity index (χ0) is 18.8. The predicted molar refractivity (Wildman–Crippen MR) is 111 cm³/mol. The Hall–Kier alpha value is -2.50. The van der Waals surface area contributed by atoms with Crippen LogP contribution < -0.4 is 4.74 Å². The molecule has 138 valence electrons. The number of hydrogen-bond acceptors (Lipinski definition) is 4. The molecule has 2 heterocycles. The molecule has 0 radical (unpaired) electrons. The Balaban J connectivity index is 1.50. The standard InChI is InChI=1S/C22H22N2O2S/c1-3-24(4-2)13-15-8-9-16-11-17(27-21(16)10-15)14-26-20-7-5-6-18-19(20)12-23-22(18)25/h5-12H,3-4,13-14H2,1-2H3. The van der Waals surface area contributed by atoms with Crippen molar-refractivity contribution in [2.75, 3.05) is 13.1 Å². The molecule has 0 aliphatic carbocycles. The van der Waals surface area contributed by atoms with Crippen molar-refractivity contribution >= 4 is 33.5 Å². The average Bonchev–Trinajstić information content (AvgIpc) is 3.27. The van der Waals surface area contributed by atoms with Crippen molar-refractivity contribution < 1.29 is 9.53 Å². The fraction of sp³-hybridized carbons (Fsp3) is 0.273. The first-order chi connectivity index (χ1) is 13.2. The number of carbonyl (C=O) groups excluding carboxylic acids is 1. The van der Waals surface area contributed by atoms with Crippen LogP contribution in [0.15, 0.2) is 47.5 Å². The highest BCUT2D eigenvalue weighted by Gasteiger charge is 2.19. The normalized spacial score (nSPS) is 12.9. The van der Waals surface area contributed by atoms with Crippen molar-refractivity contribution in [2.24, 2.45) is 4.99 Å². The lowest BCUT2D eigenvalue weighted by Crippen LogP contribution is -2.21. The third-order valence-electron chi connectivity index (χ3n) is 4.91. The number of hydrogen-bond donors (Lipinski definition) is 0. The van der Waals surface area contributed by atoms with E-state index in [2.05, 4.69) is 48.0 Å². The molecule has 1 amide bonds. The van der Waals surface area contributed by atoms with Gasteiger partial charge in [-0.05, 0) is 48.3 Å². The molecule has 0 unspecified atom stereocenters. The minimum atomic E-state index is -0.196. The van der Waals surface area contributed by atoms with Gasteiger partial charge >= 0.3 is 0 Å². The van der Waals surface area contributed by atoms with Gasteiger partial charge in [0.2, 0.25) is 0 Å². The van der Waals surface area contributed by atoms with E-state index in [1.807, 2.05) is 12.1 Å². The second kappa shape index (κ2) is 7.62. The number of aliphatic imine (C=N–C) groups is 1. The van der Waals surface area contributed by atoms with Gasteiger partial charge in [-0.1, -0.05) is 32.0 Å². The monoisotopic (exact) mass is 378 g/mol. The van der Waals surface area contributed by atoms with Gasteiger partial charge in [-0.2, -0.15) is 0 Å². The predicted octanol–water partition coefficient (Wildman–Crippen LogP) is 4.89. The number of fused-ring (bicyclic) bond motifs is 2. The van der Waals surface area contributed by atoms with Crippen LogP contribution in [0.5, 0.6) is 5.75 Å². The molecule has 4 rings (SSSR count). The Morgan fingerprint density at radius 2 is 1.96 bits per heavy atom. The van der Waals surface area contributed by atoms with Crippen LogP contribution in [0.3, 0.4) is 0 Å². The van der Waals surface area contributed by atoms with Crippen LogP contribution in [0, 0.1) is 0 Å². The zero-order valence-corrected chi connectivity index (χ0v) is 16.4. The van der Waals surface area contributed by atoms with E-state index in [-0.39, 0.29) is 5.91 Å². The fourth-order valence-electron chi connectivity index (χ4n) is 3.34. The maximum absolute atomic E-state index is 11.7. The van der Waals surface area contributed by atoms with Crippen molar-refractivity contribution in [3.8, 4) is 5.75 Å². The van der Waals surface area contributed by atoms with Crippen molar-refractivity contribution in [2.45, 2.75) is 27.0 Å². The Bertz CT molecular complexity index is 1020. The molecule has 0 bridgehead atoms. The summed E-state index contributed by atoms with van der Waals surface area (Å²) in [4.78, 5) is 19.1. The van der Waals surface area contributed by atoms with Crippen LogP contribution in [0.2, 0.25) is 0 Å². The van der Waals surface area contributed by atoms with Crippen LogP contribution in [0.4, 0.5) is 0 Å². The molecule has 27 heavy (non-hydrogen) atoms. The van der Waals surface area contributed by atoms with E-state index in [1.54, 1.807) is 23.6 Å².